The van der Waals surface area contributed by atoms with Gasteiger partial charge in [0.2, 0.25) is 0 Å². The van der Waals surface area contributed by atoms with Crippen LogP contribution in [0.4, 0.5) is 11.4 Å². The molecule has 6 nitrogen and oxygen atoms in total. The first-order chi connectivity index (χ1) is 13.6. The van der Waals surface area contributed by atoms with Crippen LogP contribution in [0.5, 0.6) is 0 Å². The van der Waals surface area contributed by atoms with Gasteiger partial charge >= 0.3 is 0 Å². The molecule has 3 aromatic rings. The number of anilines is 2. The van der Waals surface area contributed by atoms with E-state index >= 15 is 0 Å². The zero-order valence-corrected chi connectivity index (χ0v) is 15.1. The predicted molar refractivity (Wildman–Crippen MR) is 108 cm³/mol. The number of nitrogens with one attached hydrogen (secondary N) is 1. The lowest BCUT2D eigenvalue weighted by molar-refractivity contribution is -0.114. The second-order valence-corrected chi connectivity index (χ2v) is 6.25. The number of carbonyl (C=O) groups excluding carboxylic acids is 2. The van der Waals surface area contributed by atoms with Crippen LogP contribution in [0.1, 0.15) is 23.0 Å². The van der Waals surface area contributed by atoms with Gasteiger partial charge in [-0.1, -0.05) is 30.3 Å². The first-order valence-corrected chi connectivity index (χ1v) is 8.73. The molecule has 1 N–H and O–H groups in total. The molecule has 1 aromatic heterocycles. The lowest BCUT2D eigenvalue weighted by atomic mass is 10.1. The molecule has 0 aliphatic carbocycles. The molecular formula is C22H17N3O3. The van der Waals surface area contributed by atoms with Crippen molar-refractivity contribution in [1.29, 1.82) is 0 Å². The van der Waals surface area contributed by atoms with Crippen molar-refractivity contribution >= 4 is 35.0 Å². The summed E-state index contributed by atoms with van der Waals surface area (Å²) in [5, 5.41) is 8.53. The number of hydrogen-bond acceptors (Lipinski definition) is 4. The topological polar surface area (TPSA) is 74.9 Å². The van der Waals surface area contributed by atoms with Gasteiger partial charge < -0.3 is 9.73 Å². The number of hydrogen-bond donors (Lipinski definition) is 1. The maximum atomic E-state index is 12.7. The van der Waals surface area contributed by atoms with E-state index in [1.165, 1.54) is 11.3 Å². The van der Waals surface area contributed by atoms with Gasteiger partial charge in [0, 0.05) is 5.69 Å². The summed E-state index contributed by atoms with van der Waals surface area (Å²) in [7, 11) is 0. The molecule has 0 saturated heterocycles. The van der Waals surface area contributed by atoms with E-state index in [-0.39, 0.29) is 17.6 Å². The van der Waals surface area contributed by atoms with Crippen LogP contribution in [-0.2, 0) is 4.79 Å². The lowest BCUT2D eigenvalue weighted by Crippen LogP contribution is -2.21. The van der Waals surface area contributed by atoms with Gasteiger partial charge in [-0.25, -0.2) is 0 Å². The van der Waals surface area contributed by atoms with Crippen molar-refractivity contribution < 1.29 is 14.0 Å². The molecular weight excluding hydrogens is 354 g/mol. The summed E-state index contributed by atoms with van der Waals surface area (Å²) in [4.78, 5) is 24.8. The molecule has 2 aromatic carbocycles. The van der Waals surface area contributed by atoms with Crippen molar-refractivity contribution in [3.05, 3.63) is 89.9 Å². The van der Waals surface area contributed by atoms with Crippen molar-refractivity contribution in [3.8, 4) is 0 Å². The molecule has 0 fully saturated rings. The van der Waals surface area contributed by atoms with Crippen LogP contribution in [-0.4, -0.2) is 17.5 Å². The molecule has 28 heavy (non-hydrogen) atoms. The Morgan fingerprint density at radius 3 is 2.46 bits per heavy atom. The number of hydrazone groups is 1. The Bertz CT molecular complexity index is 1070. The summed E-state index contributed by atoms with van der Waals surface area (Å²) in [6.07, 6.45) is 3.24. The highest BCUT2D eigenvalue weighted by Gasteiger charge is 2.28. The predicted octanol–water partition coefficient (Wildman–Crippen LogP) is 4.34. The highest BCUT2D eigenvalue weighted by atomic mass is 16.3. The highest BCUT2D eigenvalue weighted by Crippen LogP contribution is 2.25. The van der Waals surface area contributed by atoms with Crippen LogP contribution in [0.15, 0.2) is 88.1 Å². The average molecular weight is 371 g/mol. The third-order valence-corrected chi connectivity index (χ3v) is 4.29. The fourth-order valence-corrected chi connectivity index (χ4v) is 2.86. The van der Waals surface area contributed by atoms with Crippen LogP contribution in [0.25, 0.3) is 6.08 Å². The third kappa shape index (κ3) is 3.48. The van der Waals surface area contributed by atoms with E-state index in [9.17, 15) is 9.59 Å². The number of para-hydroxylation sites is 1. The van der Waals surface area contributed by atoms with Crippen LogP contribution in [0.3, 0.4) is 0 Å². The van der Waals surface area contributed by atoms with Crippen molar-refractivity contribution in [2.24, 2.45) is 5.10 Å². The molecule has 0 radical (unpaired) electrons. The Labute approximate surface area is 161 Å². The van der Waals surface area contributed by atoms with Gasteiger partial charge in [-0.2, -0.15) is 10.1 Å². The van der Waals surface area contributed by atoms with E-state index in [1.807, 2.05) is 49.4 Å². The second kappa shape index (κ2) is 7.36. The van der Waals surface area contributed by atoms with E-state index in [4.69, 9.17) is 4.42 Å². The van der Waals surface area contributed by atoms with Gasteiger partial charge in [0.15, 0.2) is 5.76 Å². The number of furan rings is 1. The van der Waals surface area contributed by atoms with Gasteiger partial charge in [-0.15, -0.1) is 0 Å². The van der Waals surface area contributed by atoms with Gasteiger partial charge in [0.05, 0.1) is 23.2 Å². The first-order valence-electron chi connectivity index (χ1n) is 8.73. The van der Waals surface area contributed by atoms with Crippen LogP contribution >= 0.6 is 0 Å². The Morgan fingerprint density at radius 2 is 1.79 bits per heavy atom. The van der Waals surface area contributed by atoms with Crippen molar-refractivity contribution in [2.45, 2.75) is 6.92 Å². The molecule has 138 valence electrons. The van der Waals surface area contributed by atoms with Gasteiger partial charge in [-0.3, -0.25) is 9.59 Å². The maximum absolute atomic E-state index is 12.7. The van der Waals surface area contributed by atoms with E-state index < -0.39 is 0 Å². The minimum Gasteiger partial charge on any atom is -0.459 e. The lowest BCUT2D eigenvalue weighted by Gasteiger charge is -2.11. The van der Waals surface area contributed by atoms with Crippen molar-refractivity contribution in [3.63, 3.8) is 0 Å². The highest BCUT2D eigenvalue weighted by molar-refractivity contribution is 6.32. The standard InChI is InChI=1S/C22H17N3O3/c1-15-19(22(27)25(24-15)18-6-3-2-4-7-18)14-16-9-11-17(12-10-16)23-21(26)20-8-5-13-28-20/h2-14H,1H3,(H,23,26)/b19-14+. The van der Waals surface area contributed by atoms with Gasteiger partial charge in [0.1, 0.15) is 0 Å². The molecule has 0 atom stereocenters. The maximum Gasteiger partial charge on any atom is 0.291 e. The molecule has 0 saturated carbocycles. The Kier molecular flexibility index (Phi) is 4.60. The normalized spacial score (nSPS) is 15.0. The summed E-state index contributed by atoms with van der Waals surface area (Å²) >= 11 is 0. The summed E-state index contributed by atoms with van der Waals surface area (Å²) in [5.74, 6) is -0.238. The minimum atomic E-state index is -0.316. The quantitative estimate of drug-likeness (QED) is 0.693. The molecule has 2 amide bonds. The second-order valence-electron chi connectivity index (χ2n) is 6.25. The number of amides is 2. The van der Waals surface area contributed by atoms with Crippen LogP contribution < -0.4 is 10.3 Å². The Balaban J connectivity index is 1.50. The number of nitrogens with zero attached hydrogens (tertiary/aromatic N) is 2. The molecule has 1 aliphatic heterocycles. The fourth-order valence-electron chi connectivity index (χ4n) is 2.86. The summed E-state index contributed by atoms with van der Waals surface area (Å²) in [6.45, 7) is 1.81. The van der Waals surface area contributed by atoms with E-state index in [2.05, 4.69) is 10.4 Å². The minimum absolute atomic E-state index is 0.168. The van der Waals surface area contributed by atoms with Crippen LogP contribution in [0.2, 0.25) is 0 Å². The largest absolute Gasteiger partial charge is 0.459 e. The Morgan fingerprint density at radius 1 is 1.04 bits per heavy atom. The third-order valence-electron chi connectivity index (χ3n) is 4.29. The summed E-state index contributed by atoms with van der Waals surface area (Å²) < 4.78 is 5.07. The van der Waals surface area contributed by atoms with Crippen molar-refractivity contribution in [1.82, 2.24) is 0 Å². The van der Waals surface area contributed by atoms with E-state index in [0.29, 0.717) is 17.0 Å². The Hall–Kier alpha value is -3.93. The number of carbonyl (C=O) groups is 2. The van der Waals surface area contributed by atoms with E-state index in [1.54, 1.807) is 30.3 Å². The van der Waals surface area contributed by atoms with Crippen LogP contribution in [0, 0.1) is 0 Å². The van der Waals surface area contributed by atoms with Gasteiger partial charge in [-0.05, 0) is 55.0 Å². The van der Waals surface area contributed by atoms with E-state index in [0.717, 1.165) is 11.3 Å². The zero-order chi connectivity index (χ0) is 19.5. The molecule has 0 spiro atoms. The monoisotopic (exact) mass is 371 g/mol. The average Bonchev–Trinajstić information content (AvgIpc) is 3.35. The molecule has 0 bridgehead atoms. The van der Waals surface area contributed by atoms with Gasteiger partial charge in [0.25, 0.3) is 11.8 Å². The fraction of sp³-hybridized carbons (Fsp3) is 0.0455. The molecule has 1 aliphatic rings. The first kappa shape index (κ1) is 17.5. The summed E-state index contributed by atoms with van der Waals surface area (Å²) in [5.41, 5.74) is 3.40. The molecule has 2 heterocycles. The molecule has 0 unspecified atom stereocenters. The molecule has 6 heteroatoms. The zero-order valence-electron chi connectivity index (χ0n) is 15.1. The number of benzene rings is 2. The SMILES string of the molecule is CC1=NN(c2ccccc2)C(=O)/C1=C/c1ccc(NC(=O)c2ccco2)cc1. The van der Waals surface area contributed by atoms with Crippen molar-refractivity contribution in [2.75, 3.05) is 10.3 Å². The summed E-state index contributed by atoms with van der Waals surface area (Å²) in [6, 6.07) is 19.8. The number of rotatable bonds is 4. The molecule has 4 rings (SSSR count). The smallest absolute Gasteiger partial charge is 0.291 e.